The molecule has 1 N–H and O–H groups in total. The summed E-state index contributed by atoms with van der Waals surface area (Å²) >= 11 is 1.59. The molecule has 4 aromatic rings. The van der Waals surface area contributed by atoms with Crippen molar-refractivity contribution in [2.75, 3.05) is 17.6 Å². The zero-order valence-electron chi connectivity index (χ0n) is 19.2. The minimum absolute atomic E-state index is 0.106. The predicted molar refractivity (Wildman–Crippen MR) is 141 cm³/mol. The van der Waals surface area contributed by atoms with Crippen molar-refractivity contribution in [2.24, 2.45) is 0 Å². The average molecular weight is 504 g/mol. The number of benzene rings is 4. The van der Waals surface area contributed by atoms with Crippen molar-refractivity contribution < 1.29 is 17.9 Å². The van der Waals surface area contributed by atoms with E-state index in [0.717, 1.165) is 28.2 Å². The summed E-state index contributed by atoms with van der Waals surface area (Å²) in [5.74, 6) is 0.219. The standard InChI is InChI=1S/C28H25NO4S2/c1-33-28(30)26-20-24(34-19-18-21-8-4-2-5-9-21)14-17-27(26)29-35(31,32)25-15-12-23(13-16-25)22-10-6-3-7-11-22/h2-17,20,29H,18-19H2,1H3. The Morgan fingerprint density at radius 2 is 1.46 bits per heavy atom. The van der Waals surface area contributed by atoms with Gasteiger partial charge in [0.2, 0.25) is 0 Å². The molecule has 0 radical (unpaired) electrons. The normalized spacial score (nSPS) is 11.1. The number of hydrogen-bond acceptors (Lipinski definition) is 5. The molecule has 7 heteroatoms. The molecule has 0 aliphatic rings. The molecule has 0 aliphatic carbocycles. The van der Waals surface area contributed by atoms with E-state index in [0.29, 0.717) is 0 Å². The van der Waals surface area contributed by atoms with Gasteiger partial charge in [0.1, 0.15) is 0 Å². The number of esters is 1. The van der Waals surface area contributed by atoms with E-state index in [1.165, 1.54) is 12.7 Å². The Balaban J connectivity index is 1.51. The smallest absolute Gasteiger partial charge is 0.340 e. The quantitative estimate of drug-likeness (QED) is 0.215. The molecule has 0 atom stereocenters. The third kappa shape index (κ3) is 6.32. The minimum Gasteiger partial charge on any atom is -0.465 e. The number of rotatable bonds is 9. The van der Waals surface area contributed by atoms with Gasteiger partial charge < -0.3 is 4.74 Å². The number of aryl methyl sites for hydroxylation is 1. The van der Waals surface area contributed by atoms with Gasteiger partial charge in [0, 0.05) is 10.6 Å². The molecule has 0 aliphatic heterocycles. The van der Waals surface area contributed by atoms with Crippen LogP contribution in [0.3, 0.4) is 0 Å². The minimum atomic E-state index is -3.91. The van der Waals surface area contributed by atoms with Crippen molar-refractivity contribution in [3.8, 4) is 11.1 Å². The number of thioether (sulfide) groups is 1. The van der Waals surface area contributed by atoms with E-state index in [9.17, 15) is 13.2 Å². The molecule has 0 amide bonds. The van der Waals surface area contributed by atoms with Gasteiger partial charge in [-0.1, -0.05) is 72.8 Å². The highest BCUT2D eigenvalue weighted by Gasteiger charge is 2.20. The highest BCUT2D eigenvalue weighted by atomic mass is 32.2. The Labute approximate surface area is 210 Å². The van der Waals surface area contributed by atoms with E-state index < -0.39 is 16.0 Å². The number of carbonyl (C=O) groups is 1. The predicted octanol–water partition coefficient (Wildman–Crippen LogP) is 6.28. The van der Waals surface area contributed by atoms with Crippen LogP contribution in [0.2, 0.25) is 0 Å². The lowest BCUT2D eigenvalue weighted by molar-refractivity contribution is 0.0601. The highest BCUT2D eigenvalue weighted by molar-refractivity contribution is 7.99. The summed E-state index contributed by atoms with van der Waals surface area (Å²) in [7, 11) is -2.63. The SMILES string of the molecule is COC(=O)c1cc(SCCc2ccccc2)ccc1NS(=O)(=O)c1ccc(-c2ccccc2)cc1. The third-order valence-corrected chi connectivity index (χ3v) is 7.79. The van der Waals surface area contributed by atoms with Crippen LogP contribution < -0.4 is 4.72 Å². The van der Waals surface area contributed by atoms with Crippen LogP contribution in [0.5, 0.6) is 0 Å². The summed E-state index contributed by atoms with van der Waals surface area (Å²) in [5.41, 5.74) is 3.49. The molecule has 5 nitrogen and oxygen atoms in total. The van der Waals surface area contributed by atoms with Crippen LogP contribution in [0, 0.1) is 0 Å². The van der Waals surface area contributed by atoms with Gasteiger partial charge in [0.15, 0.2) is 0 Å². The van der Waals surface area contributed by atoms with Crippen molar-refractivity contribution in [1.82, 2.24) is 0 Å². The molecule has 0 spiro atoms. The number of sulfonamides is 1. The van der Waals surface area contributed by atoms with Gasteiger partial charge in [-0.25, -0.2) is 13.2 Å². The Bertz CT molecular complexity index is 1390. The lowest BCUT2D eigenvalue weighted by atomic mass is 10.1. The first-order valence-electron chi connectivity index (χ1n) is 11.0. The van der Waals surface area contributed by atoms with E-state index in [-0.39, 0.29) is 16.1 Å². The van der Waals surface area contributed by atoms with E-state index >= 15 is 0 Å². The maximum Gasteiger partial charge on any atom is 0.340 e. The number of carbonyl (C=O) groups excluding carboxylic acids is 1. The van der Waals surface area contributed by atoms with Crippen molar-refractivity contribution in [1.29, 1.82) is 0 Å². The van der Waals surface area contributed by atoms with E-state index in [4.69, 9.17) is 4.74 Å². The zero-order chi connectivity index (χ0) is 24.7. The Morgan fingerprint density at radius 3 is 2.11 bits per heavy atom. The molecule has 0 bridgehead atoms. The van der Waals surface area contributed by atoms with E-state index in [1.807, 2.05) is 48.5 Å². The first kappa shape index (κ1) is 24.6. The Morgan fingerprint density at radius 1 is 0.829 bits per heavy atom. The molecule has 0 heterocycles. The van der Waals surface area contributed by atoms with Crippen molar-refractivity contribution in [3.63, 3.8) is 0 Å². The maximum atomic E-state index is 13.1. The molecule has 0 saturated heterocycles. The van der Waals surface area contributed by atoms with Crippen LogP contribution in [-0.4, -0.2) is 27.2 Å². The van der Waals surface area contributed by atoms with Crippen molar-refractivity contribution in [3.05, 3.63) is 114 Å². The van der Waals surface area contributed by atoms with Gasteiger partial charge in [-0.15, -0.1) is 11.8 Å². The van der Waals surface area contributed by atoms with Crippen molar-refractivity contribution in [2.45, 2.75) is 16.2 Å². The highest BCUT2D eigenvalue weighted by Crippen LogP contribution is 2.28. The monoisotopic (exact) mass is 503 g/mol. The molecule has 4 aromatic carbocycles. The van der Waals surface area contributed by atoms with Crippen LogP contribution in [-0.2, 0) is 21.2 Å². The van der Waals surface area contributed by atoms with Gasteiger partial charge in [-0.3, -0.25) is 4.72 Å². The number of ether oxygens (including phenoxy) is 1. The molecule has 0 fully saturated rings. The Hall–Kier alpha value is -3.55. The van der Waals surface area contributed by atoms with Crippen LogP contribution >= 0.6 is 11.8 Å². The summed E-state index contributed by atoms with van der Waals surface area (Å²) in [6, 6.07) is 31.6. The number of anilines is 1. The van der Waals surface area contributed by atoms with Crippen molar-refractivity contribution >= 4 is 33.4 Å². The van der Waals surface area contributed by atoms with Gasteiger partial charge in [-0.05, 0) is 53.4 Å². The molecular formula is C28H25NO4S2. The molecular weight excluding hydrogens is 478 g/mol. The van der Waals surface area contributed by atoms with Crippen LogP contribution in [0.1, 0.15) is 15.9 Å². The lowest BCUT2D eigenvalue weighted by Gasteiger charge is -2.13. The molecule has 35 heavy (non-hydrogen) atoms. The molecule has 0 saturated carbocycles. The summed E-state index contributed by atoms with van der Waals surface area (Å²) in [4.78, 5) is 13.4. The van der Waals surface area contributed by atoms with Gasteiger partial charge >= 0.3 is 5.97 Å². The fraction of sp³-hybridized carbons (Fsp3) is 0.107. The second-order valence-electron chi connectivity index (χ2n) is 7.78. The van der Waals surface area contributed by atoms with Crippen LogP contribution in [0.4, 0.5) is 5.69 Å². The summed E-state index contributed by atoms with van der Waals surface area (Å²) in [5, 5.41) is 0. The zero-order valence-corrected chi connectivity index (χ0v) is 20.8. The summed E-state index contributed by atoms with van der Waals surface area (Å²) in [6.07, 6.45) is 0.881. The first-order valence-corrected chi connectivity index (χ1v) is 13.5. The van der Waals surface area contributed by atoms with Gasteiger partial charge in [-0.2, -0.15) is 0 Å². The fourth-order valence-corrected chi connectivity index (χ4v) is 5.59. The third-order valence-electron chi connectivity index (χ3n) is 5.41. The lowest BCUT2D eigenvalue weighted by Crippen LogP contribution is -2.16. The van der Waals surface area contributed by atoms with E-state index in [1.54, 1.807) is 54.2 Å². The molecule has 0 aromatic heterocycles. The fourth-order valence-electron chi connectivity index (χ4n) is 3.57. The largest absolute Gasteiger partial charge is 0.465 e. The first-order chi connectivity index (χ1) is 17.0. The Kier molecular flexibility index (Phi) is 7.90. The second-order valence-corrected chi connectivity index (χ2v) is 10.6. The van der Waals surface area contributed by atoms with Gasteiger partial charge in [0.25, 0.3) is 10.0 Å². The molecule has 0 unspecified atom stereocenters. The van der Waals surface area contributed by atoms with Gasteiger partial charge in [0.05, 0.1) is 23.3 Å². The molecule has 178 valence electrons. The van der Waals surface area contributed by atoms with E-state index in [2.05, 4.69) is 16.9 Å². The molecule has 4 rings (SSSR count). The topological polar surface area (TPSA) is 72.5 Å². The van der Waals surface area contributed by atoms with Crippen LogP contribution in [0.25, 0.3) is 11.1 Å². The van der Waals surface area contributed by atoms with Crippen LogP contribution in [0.15, 0.2) is 113 Å². The second kappa shape index (κ2) is 11.3. The number of nitrogens with one attached hydrogen (secondary N) is 1. The number of hydrogen-bond donors (Lipinski definition) is 1. The maximum absolute atomic E-state index is 13.1. The average Bonchev–Trinajstić information content (AvgIpc) is 2.90. The number of methoxy groups -OCH3 is 1. The summed E-state index contributed by atoms with van der Waals surface area (Å²) < 4.78 is 33.6. The summed E-state index contributed by atoms with van der Waals surface area (Å²) in [6.45, 7) is 0.